The van der Waals surface area contributed by atoms with Crippen LogP contribution in [0.4, 0.5) is 0 Å². The minimum atomic E-state index is -3.05. The van der Waals surface area contributed by atoms with E-state index in [-0.39, 0.29) is 29.2 Å². The van der Waals surface area contributed by atoms with Crippen LogP contribution in [0.15, 0.2) is 24.3 Å². The predicted molar refractivity (Wildman–Crippen MR) is 99.6 cm³/mol. The summed E-state index contributed by atoms with van der Waals surface area (Å²) in [7, 11) is -3.05. The normalized spacial score (nSPS) is 25.8. The molecule has 6 nitrogen and oxygen atoms in total. The van der Waals surface area contributed by atoms with E-state index in [0.29, 0.717) is 37.9 Å². The molecule has 2 fully saturated rings. The monoisotopic (exact) mass is 378 g/mol. The van der Waals surface area contributed by atoms with Crippen molar-refractivity contribution in [1.82, 2.24) is 10.2 Å². The van der Waals surface area contributed by atoms with E-state index in [0.717, 1.165) is 5.56 Å². The maximum Gasteiger partial charge on any atom is 0.254 e. The number of likely N-dealkylation sites (tertiary alicyclic amines) is 1. The first kappa shape index (κ1) is 18.9. The van der Waals surface area contributed by atoms with Crippen molar-refractivity contribution >= 4 is 21.7 Å². The Labute approximate surface area is 154 Å². The van der Waals surface area contributed by atoms with Crippen molar-refractivity contribution in [3.05, 3.63) is 35.4 Å². The standard InChI is InChI=1S/C19H26N2O4S/c1-14-5-3-4-6-16(14)18(23)21-10-7-15(8-11-21)17(22)20-19(2)9-12-26(24,25)13-19/h3-6,15H,7-13H2,1-2H3,(H,20,22)/t19-/m0/s1. The van der Waals surface area contributed by atoms with E-state index in [1.165, 1.54) is 0 Å². The first-order valence-corrected chi connectivity index (χ1v) is 10.9. The molecule has 3 rings (SSSR count). The molecule has 0 radical (unpaired) electrons. The summed E-state index contributed by atoms with van der Waals surface area (Å²) in [6, 6.07) is 7.52. The van der Waals surface area contributed by atoms with Crippen LogP contribution in [0.25, 0.3) is 0 Å². The van der Waals surface area contributed by atoms with Crippen molar-refractivity contribution in [2.75, 3.05) is 24.6 Å². The van der Waals surface area contributed by atoms with Gasteiger partial charge in [-0.3, -0.25) is 9.59 Å². The molecule has 1 atom stereocenters. The molecular weight excluding hydrogens is 352 g/mol. The number of rotatable bonds is 3. The Kier molecular flexibility index (Phi) is 5.10. The van der Waals surface area contributed by atoms with Crippen LogP contribution in [0.3, 0.4) is 0 Å². The van der Waals surface area contributed by atoms with Gasteiger partial charge in [-0.05, 0) is 44.7 Å². The van der Waals surface area contributed by atoms with E-state index in [2.05, 4.69) is 5.32 Å². The second-order valence-corrected chi connectivity index (χ2v) is 9.96. The van der Waals surface area contributed by atoms with Gasteiger partial charge in [0.15, 0.2) is 9.84 Å². The highest BCUT2D eigenvalue weighted by Crippen LogP contribution is 2.25. The average molecular weight is 378 g/mol. The van der Waals surface area contributed by atoms with Crippen molar-refractivity contribution in [2.24, 2.45) is 5.92 Å². The average Bonchev–Trinajstić information content (AvgIpc) is 2.87. The third kappa shape index (κ3) is 4.09. The molecule has 1 aromatic carbocycles. The zero-order chi connectivity index (χ0) is 18.9. The molecule has 0 bridgehead atoms. The van der Waals surface area contributed by atoms with Crippen molar-refractivity contribution < 1.29 is 18.0 Å². The summed E-state index contributed by atoms with van der Waals surface area (Å²) in [5.74, 6) is -0.108. The summed E-state index contributed by atoms with van der Waals surface area (Å²) >= 11 is 0. The molecule has 0 aliphatic carbocycles. The van der Waals surface area contributed by atoms with Gasteiger partial charge in [-0.2, -0.15) is 0 Å². The van der Waals surface area contributed by atoms with Crippen LogP contribution in [0.1, 0.15) is 42.1 Å². The Morgan fingerprint density at radius 2 is 1.85 bits per heavy atom. The van der Waals surface area contributed by atoms with Gasteiger partial charge in [-0.1, -0.05) is 18.2 Å². The largest absolute Gasteiger partial charge is 0.350 e. The van der Waals surface area contributed by atoms with Gasteiger partial charge in [0.2, 0.25) is 5.91 Å². The first-order chi connectivity index (χ1) is 12.2. The fourth-order valence-electron chi connectivity index (χ4n) is 3.84. The van der Waals surface area contributed by atoms with Gasteiger partial charge < -0.3 is 10.2 Å². The molecule has 0 saturated carbocycles. The Morgan fingerprint density at radius 1 is 1.19 bits per heavy atom. The molecule has 26 heavy (non-hydrogen) atoms. The summed E-state index contributed by atoms with van der Waals surface area (Å²) in [5.41, 5.74) is 0.996. The minimum Gasteiger partial charge on any atom is -0.350 e. The molecule has 2 saturated heterocycles. The van der Waals surface area contributed by atoms with Crippen LogP contribution in [0.5, 0.6) is 0 Å². The number of nitrogens with zero attached hydrogens (tertiary/aromatic N) is 1. The third-order valence-corrected chi connectivity index (χ3v) is 7.36. The zero-order valence-corrected chi connectivity index (χ0v) is 16.1. The van der Waals surface area contributed by atoms with Gasteiger partial charge in [0, 0.05) is 24.6 Å². The molecule has 2 aliphatic heterocycles. The zero-order valence-electron chi connectivity index (χ0n) is 15.3. The van der Waals surface area contributed by atoms with Gasteiger partial charge in [-0.15, -0.1) is 0 Å². The van der Waals surface area contributed by atoms with Crippen LogP contribution < -0.4 is 5.32 Å². The quantitative estimate of drug-likeness (QED) is 0.865. The van der Waals surface area contributed by atoms with Gasteiger partial charge in [-0.25, -0.2) is 8.42 Å². The Morgan fingerprint density at radius 3 is 2.42 bits per heavy atom. The Hall–Kier alpha value is -1.89. The number of carbonyl (C=O) groups is 2. The minimum absolute atomic E-state index is 0.0100. The van der Waals surface area contributed by atoms with Crippen LogP contribution in [-0.2, 0) is 14.6 Å². The molecule has 7 heteroatoms. The van der Waals surface area contributed by atoms with E-state index < -0.39 is 15.4 Å². The number of piperidine rings is 1. The maximum atomic E-state index is 12.7. The fraction of sp³-hybridized carbons (Fsp3) is 0.579. The van der Waals surface area contributed by atoms with Gasteiger partial charge in [0.25, 0.3) is 5.91 Å². The van der Waals surface area contributed by atoms with E-state index in [4.69, 9.17) is 0 Å². The lowest BCUT2D eigenvalue weighted by molar-refractivity contribution is -0.127. The molecule has 1 N–H and O–H groups in total. The lowest BCUT2D eigenvalue weighted by atomic mass is 9.93. The molecule has 2 heterocycles. The van der Waals surface area contributed by atoms with Crippen LogP contribution in [0.2, 0.25) is 0 Å². The lowest BCUT2D eigenvalue weighted by Gasteiger charge is -2.34. The van der Waals surface area contributed by atoms with Crippen LogP contribution >= 0.6 is 0 Å². The maximum absolute atomic E-state index is 12.7. The first-order valence-electron chi connectivity index (χ1n) is 9.06. The number of hydrogen-bond acceptors (Lipinski definition) is 4. The number of nitrogens with one attached hydrogen (secondary N) is 1. The lowest BCUT2D eigenvalue weighted by Crippen LogP contribution is -2.51. The third-order valence-electron chi connectivity index (χ3n) is 5.46. The van der Waals surface area contributed by atoms with E-state index in [1.54, 1.807) is 11.8 Å². The summed E-state index contributed by atoms with van der Waals surface area (Å²) in [6.07, 6.45) is 1.67. The summed E-state index contributed by atoms with van der Waals surface area (Å²) in [5, 5.41) is 2.94. The molecule has 0 unspecified atom stereocenters. The molecular formula is C19H26N2O4S. The number of sulfone groups is 1. The second-order valence-electron chi connectivity index (χ2n) is 7.77. The second kappa shape index (κ2) is 7.02. The van der Waals surface area contributed by atoms with Crippen molar-refractivity contribution in [2.45, 2.75) is 38.6 Å². The van der Waals surface area contributed by atoms with Gasteiger partial charge in [0.1, 0.15) is 0 Å². The topological polar surface area (TPSA) is 83.6 Å². The SMILES string of the molecule is Cc1ccccc1C(=O)N1CCC(C(=O)N[C@@]2(C)CCS(=O)(=O)C2)CC1. The molecule has 0 spiro atoms. The van der Waals surface area contributed by atoms with Crippen LogP contribution in [-0.4, -0.2) is 55.3 Å². The van der Waals surface area contributed by atoms with E-state index >= 15 is 0 Å². The smallest absolute Gasteiger partial charge is 0.254 e. The van der Waals surface area contributed by atoms with Gasteiger partial charge >= 0.3 is 0 Å². The fourth-order valence-corrected chi connectivity index (χ4v) is 5.93. The molecule has 2 amide bonds. The Bertz CT molecular complexity index is 813. The molecule has 0 aromatic heterocycles. The van der Waals surface area contributed by atoms with Crippen molar-refractivity contribution in [1.29, 1.82) is 0 Å². The van der Waals surface area contributed by atoms with Crippen LogP contribution in [0, 0.1) is 12.8 Å². The highest BCUT2D eigenvalue weighted by molar-refractivity contribution is 7.91. The molecule has 1 aromatic rings. The summed E-state index contributed by atoms with van der Waals surface area (Å²) in [6.45, 7) is 4.80. The van der Waals surface area contributed by atoms with Gasteiger partial charge in [0.05, 0.1) is 17.0 Å². The van der Waals surface area contributed by atoms with E-state index in [9.17, 15) is 18.0 Å². The van der Waals surface area contributed by atoms with Crippen molar-refractivity contribution in [3.8, 4) is 0 Å². The summed E-state index contributed by atoms with van der Waals surface area (Å²) < 4.78 is 23.4. The van der Waals surface area contributed by atoms with E-state index in [1.807, 2.05) is 31.2 Å². The number of carbonyl (C=O) groups excluding carboxylic acids is 2. The number of hydrogen-bond donors (Lipinski definition) is 1. The Balaban J connectivity index is 1.56. The number of benzene rings is 1. The number of aryl methyl sites for hydroxylation is 1. The number of amides is 2. The highest BCUT2D eigenvalue weighted by atomic mass is 32.2. The van der Waals surface area contributed by atoms with Crippen molar-refractivity contribution in [3.63, 3.8) is 0 Å². The highest BCUT2D eigenvalue weighted by Gasteiger charge is 2.41. The molecule has 142 valence electrons. The predicted octanol–water partition coefficient (Wildman–Crippen LogP) is 1.54. The summed E-state index contributed by atoms with van der Waals surface area (Å²) in [4.78, 5) is 27.0. The molecule has 2 aliphatic rings.